The Morgan fingerprint density at radius 1 is 0.676 bits per heavy atom. The topological polar surface area (TPSA) is 55.8 Å². The molecule has 0 aliphatic rings. The molecule has 1 atom stereocenters. The number of esters is 1. The third-order valence-corrected chi connectivity index (χ3v) is 6.18. The Balaban J connectivity index is 3.59. The van der Waals surface area contributed by atoms with Crippen molar-refractivity contribution in [2.75, 3.05) is 19.8 Å². The third kappa shape index (κ3) is 28.8. The normalized spacial score (nSPS) is 13.1. The van der Waals surface area contributed by atoms with Crippen LogP contribution in [0.15, 0.2) is 48.6 Å². The molecule has 0 spiro atoms. The molecule has 37 heavy (non-hydrogen) atoms. The van der Waals surface area contributed by atoms with Gasteiger partial charge in [0.15, 0.2) is 0 Å². The number of carbonyl (C=O) groups excluding carboxylic acids is 1. The Bertz CT molecular complexity index is 591. The van der Waals surface area contributed by atoms with E-state index >= 15 is 0 Å². The van der Waals surface area contributed by atoms with Crippen molar-refractivity contribution in [3.8, 4) is 0 Å². The van der Waals surface area contributed by atoms with Gasteiger partial charge in [-0.3, -0.25) is 4.79 Å². The number of hydrogen-bond donors (Lipinski definition) is 1. The predicted octanol–water partition coefficient (Wildman–Crippen LogP) is 9.19. The fourth-order valence-electron chi connectivity index (χ4n) is 3.93. The highest BCUT2D eigenvalue weighted by molar-refractivity contribution is 5.69. The number of unbranched alkanes of at least 4 members (excludes halogenated alkanes) is 11. The summed E-state index contributed by atoms with van der Waals surface area (Å²) in [7, 11) is 0. The van der Waals surface area contributed by atoms with Crippen molar-refractivity contribution in [1.29, 1.82) is 0 Å². The average Bonchev–Trinajstić information content (AvgIpc) is 2.90. The Kier molecular flexibility index (Phi) is 29.2. The second kappa shape index (κ2) is 30.6. The van der Waals surface area contributed by atoms with Gasteiger partial charge in [0.2, 0.25) is 0 Å². The number of aliphatic hydroxyl groups excluding tert-OH is 1. The molecule has 0 amide bonds. The van der Waals surface area contributed by atoms with Crippen LogP contribution in [0.3, 0.4) is 0 Å². The smallest absolute Gasteiger partial charge is 0.306 e. The Hall–Kier alpha value is -1.65. The minimum atomic E-state index is -0.567. The Morgan fingerprint density at radius 2 is 1.16 bits per heavy atom. The van der Waals surface area contributed by atoms with Crippen LogP contribution in [0.25, 0.3) is 0 Å². The van der Waals surface area contributed by atoms with E-state index in [9.17, 15) is 9.90 Å². The van der Waals surface area contributed by atoms with Gasteiger partial charge in [-0.25, -0.2) is 0 Å². The highest BCUT2D eigenvalue weighted by atomic mass is 16.6. The van der Waals surface area contributed by atoms with Crippen molar-refractivity contribution in [2.24, 2.45) is 0 Å². The van der Waals surface area contributed by atoms with Crippen LogP contribution >= 0.6 is 0 Å². The minimum Gasteiger partial charge on any atom is -0.457 e. The van der Waals surface area contributed by atoms with E-state index in [1.165, 1.54) is 70.6 Å². The number of rotatable bonds is 27. The minimum absolute atomic E-state index is 0.200. The average molecular weight is 519 g/mol. The van der Waals surface area contributed by atoms with Crippen molar-refractivity contribution in [2.45, 2.75) is 136 Å². The van der Waals surface area contributed by atoms with E-state index in [4.69, 9.17) is 9.47 Å². The van der Waals surface area contributed by atoms with E-state index in [0.29, 0.717) is 19.4 Å². The number of aliphatic hydroxyl groups is 1. The van der Waals surface area contributed by atoms with Crippen LogP contribution in [0.2, 0.25) is 0 Å². The van der Waals surface area contributed by atoms with Gasteiger partial charge < -0.3 is 14.6 Å². The number of allylic oxidation sites excluding steroid dienone is 8. The molecular weight excluding hydrogens is 460 g/mol. The van der Waals surface area contributed by atoms with Crippen molar-refractivity contribution < 1.29 is 19.4 Å². The Labute approximate surface area is 229 Å². The van der Waals surface area contributed by atoms with Crippen LogP contribution < -0.4 is 0 Å². The lowest BCUT2D eigenvalue weighted by molar-refractivity contribution is -0.154. The first-order chi connectivity index (χ1) is 18.2. The van der Waals surface area contributed by atoms with Crippen LogP contribution in [0, 0.1) is 0 Å². The maximum Gasteiger partial charge on any atom is 0.306 e. The molecule has 0 fully saturated rings. The van der Waals surface area contributed by atoms with Crippen molar-refractivity contribution in [1.82, 2.24) is 0 Å². The third-order valence-electron chi connectivity index (χ3n) is 6.18. The molecule has 0 heterocycles. The fourth-order valence-corrected chi connectivity index (χ4v) is 3.93. The Morgan fingerprint density at radius 3 is 1.68 bits per heavy atom. The molecule has 0 rings (SSSR count). The number of ether oxygens (including phenoxy) is 2. The fraction of sp³-hybridized carbons (Fsp3) is 0.727. The van der Waals surface area contributed by atoms with Gasteiger partial charge in [-0.05, 0) is 38.5 Å². The molecule has 4 nitrogen and oxygen atoms in total. The second-order valence-corrected chi connectivity index (χ2v) is 9.80. The van der Waals surface area contributed by atoms with E-state index in [0.717, 1.165) is 32.1 Å². The zero-order valence-electron chi connectivity index (χ0n) is 24.2. The van der Waals surface area contributed by atoms with Crippen molar-refractivity contribution in [3.05, 3.63) is 48.6 Å². The summed E-state index contributed by atoms with van der Waals surface area (Å²) in [6.45, 7) is 5.13. The summed E-state index contributed by atoms with van der Waals surface area (Å²) in [5.74, 6) is -0.282. The number of hydrogen-bond acceptors (Lipinski definition) is 4. The molecule has 0 aromatic carbocycles. The summed E-state index contributed by atoms with van der Waals surface area (Å²) in [5.41, 5.74) is 0. The van der Waals surface area contributed by atoms with E-state index in [-0.39, 0.29) is 19.2 Å². The molecule has 0 saturated carbocycles. The second-order valence-electron chi connectivity index (χ2n) is 9.80. The lowest BCUT2D eigenvalue weighted by Gasteiger charge is -2.15. The summed E-state index contributed by atoms with van der Waals surface area (Å²) in [4.78, 5) is 12.0. The predicted molar refractivity (Wildman–Crippen MR) is 159 cm³/mol. The quantitative estimate of drug-likeness (QED) is 0.0669. The molecule has 4 heteroatoms. The zero-order valence-corrected chi connectivity index (χ0v) is 24.2. The SMILES string of the molecule is CC/C=C\C/C=C\C/C=C\C/C=C\CCC(=O)OC(CO)COCCCCCCCCCCCCCC. The van der Waals surface area contributed by atoms with E-state index in [2.05, 4.69) is 56.4 Å². The molecule has 0 aliphatic carbocycles. The molecule has 1 N–H and O–H groups in total. The van der Waals surface area contributed by atoms with Gasteiger partial charge in [0.05, 0.1) is 13.2 Å². The molecule has 214 valence electrons. The van der Waals surface area contributed by atoms with Crippen LogP contribution in [-0.2, 0) is 14.3 Å². The first kappa shape index (κ1) is 35.4. The summed E-state index contributed by atoms with van der Waals surface area (Å²) >= 11 is 0. The highest BCUT2D eigenvalue weighted by Gasteiger charge is 2.13. The van der Waals surface area contributed by atoms with Crippen molar-refractivity contribution in [3.63, 3.8) is 0 Å². The summed E-state index contributed by atoms with van der Waals surface area (Å²) in [5, 5.41) is 9.48. The highest BCUT2D eigenvalue weighted by Crippen LogP contribution is 2.12. The molecule has 0 aromatic heterocycles. The van der Waals surface area contributed by atoms with Crippen LogP contribution in [0.1, 0.15) is 129 Å². The molecule has 0 aliphatic heterocycles. The summed E-state index contributed by atoms with van der Waals surface area (Å²) in [6, 6.07) is 0. The van der Waals surface area contributed by atoms with Gasteiger partial charge in [-0.1, -0.05) is 133 Å². The molecule has 0 aromatic rings. The monoisotopic (exact) mass is 518 g/mol. The molecule has 0 saturated heterocycles. The van der Waals surface area contributed by atoms with Crippen LogP contribution in [0.4, 0.5) is 0 Å². The van der Waals surface area contributed by atoms with Gasteiger partial charge in [0, 0.05) is 13.0 Å². The van der Waals surface area contributed by atoms with Crippen LogP contribution in [0.5, 0.6) is 0 Å². The van der Waals surface area contributed by atoms with Gasteiger partial charge in [-0.2, -0.15) is 0 Å². The molecule has 0 bridgehead atoms. The zero-order chi connectivity index (χ0) is 27.1. The first-order valence-electron chi connectivity index (χ1n) is 15.2. The van der Waals surface area contributed by atoms with Crippen LogP contribution in [-0.4, -0.2) is 37.0 Å². The van der Waals surface area contributed by atoms with Gasteiger partial charge in [0.25, 0.3) is 0 Å². The van der Waals surface area contributed by atoms with E-state index < -0.39 is 6.10 Å². The van der Waals surface area contributed by atoms with E-state index in [1.54, 1.807) is 0 Å². The summed E-state index contributed by atoms with van der Waals surface area (Å²) < 4.78 is 11.0. The van der Waals surface area contributed by atoms with Gasteiger partial charge in [0.1, 0.15) is 6.10 Å². The van der Waals surface area contributed by atoms with Gasteiger partial charge in [-0.15, -0.1) is 0 Å². The van der Waals surface area contributed by atoms with Crippen molar-refractivity contribution >= 4 is 5.97 Å². The molecular formula is C33H58O4. The van der Waals surface area contributed by atoms with Gasteiger partial charge >= 0.3 is 5.97 Å². The first-order valence-corrected chi connectivity index (χ1v) is 15.2. The maximum atomic E-state index is 12.0. The maximum absolute atomic E-state index is 12.0. The number of carbonyl (C=O) groups is 1. The molecule has 1 unspecified atom stereocenters. The lowest BCUT2D eigenvalue weighted by atomic mass is 10.1. The standard InChI is InChI=1S/C33H58O4/c1-3-5-7-9-11-13-15-17-18-20-22-24-26-28-33(35)37-32(30-34)31-36-29-27-25-23-21-19-16-14-12-10-8-6-4-2/h5,7,11,13,17-18,22,24,32,34H,3-4,6,8-10,12,14-16,19-21,23,25-31H2,1-2H3/b7-5-,13-11-,18-17-,24-22-. The molecule has 0 radical (unpaired) electrons. The summed E-state index contributed by atoms with van der Waals surface area (Å²) in [6.07, 6.45) is 37.2. The van der Waals surface area contributed by atoms with E-state index in [1.807, 2.05) is 6.08 Å². The lowest BCUT2D eigenvalue weighted by Crippen LogP contribution is -2.27. The largest absolute Gasteiger partial charge is 0.457 e.